The SMILES string of the molecule is CCC(CO)N1C(=O)CCCC1c1ccc(Cl)cc1. The lowest BCUT2D eigenvalue weighted by Gasteiger charge is -2.40. The summed E-state index contributed by atoms with van der Waals surface area (Å²) in [7, 11) is 0. The van der Waals surface area contributed by atoms with Crippen molar-refractivity contribution in [2.24, 2.45) is 0 Å². The Kier molecular flexibility index (Phi) is 4.83. The summed E-state index contributed by atoms with van der Waals surface area (Å²) in [6, 6.07) is 7.64. The minimum absolute atomic E-state index is 0.0202. The van der Waals surface area contributed by atoms with Crippen LogP contribution in [-0.4, -0.2) is 28.6 Å². The molecule has 1 aliphatic rings. The summed E-state index contributed by atoms with van der Waals surface area (Å²) in [5, 5.41) is 10.2. The summed E-state index contributed by atoms with van der Waals surface area (Å²) in [6.07, 6.45) is 3.21. The topological polar surface area (TPSA) is 40.5 Å². The van der Waals surface area contributed by atoms with Gasteiger partial charge in [-0.05, 0) is 37.0 Å². The van der Waals surface area contributed by atoms with E-state index in [0.29, 0.717) is 11.4 Å². The number of likely N-dealkylation sites (tertiary alicyclic amines) is 1. The smallest absolute Gasteiger partial charge is 0.223 e. The summed E-state index contributed by atoms with van der Waals surface area (Å²) in [5.41, 5.74) is 1.10. The number of rotatable bonds is 4. The van der Waals surface area contributed by atoms with E-state index in [0.717, 1.165) is 24.8 Å². The van der Waals surface area contributed by atoms with Gasteiger partial charge in [0.05, 0.1) is 18.7 Å². The Morgan fingerprint density at radius 2 is 2.11 bits per heavy atom. The van der Waals surface area contributed by atoms with Crippen molar-refractivity contribution in [2.45, 2.75) is 44.7 Å². The van der Waals surface area contributed by atoms with E-state index in [9.17, 15) is 9.90 Å². The van der Waals surface area contributed by atoms with Gasteiger partial charge in [0.15, 0.2) is 0 Å². The lowest BCUT2D eigenvalue weighted by atomic mass is 9.92. The van der Waals surface area contributed by atoms with E-state index >= 15 is 0 Å². The molecule has 19 heavy (non-hydrogen) atoms. The fraction of sp³-hybridized carbons (Fsp3) is 0.533. The van der Waals surface area contributed by atoms with Crippen LogP contribution in [0.4, 0.5) is 0 Å². The first-order valence-electron chi connectivity index (χ1n) is 6.84. The Morgan fingerprint density at radius 3 is 2.68 bits per heavy atom. The second kappa shape index (κ2) is 6.40. The zero-order valence-corrected chi connectivity index (χ0v) is 11.9. The van der Waals surface area contributed by atoms with Crippen molar-refractivity contribution < 1.29 is 9.90 Å². The highest BCUT2D eigenvalue weighted by Crippen LogP contribution is 2.34. The molecule has 3 nitrogen and oxygen atoms in total. The summed E-state index contributed by atoms with van der Waals surface area (Å²) in [4.78, 5) is 14.1. The maximum Gasteiger partial charge on any atom is 0.223 e. The number of benzene rings is 1. The van der Waals surface area contributed by atoms with Crippen LogP contribution in [0.15, 0.2) is 24.3 Å². The maximum absolute atomic E-state index is 12.2. The second-order valence-electron chi connectivity index (χ2n) is 5.01. The molecule has 1 aromatic carbocycles. The van der Waals surface area contributed by atoms with Gasteiger partial charge in [-0.15, -0.1) is 0 Å². The van der Waals surface area contributed by atoms with Crippen LogP contribution >= 0.6 is 11.6 Å². The van der Waals surface area contributed by atoms with Crippen LogP contribution in [0.25, 0.3) is 0 Å². The molecular weight excluding hydrogens is 262 g/mol. The van der Waals surface area contributed by atoms with Gasteiger partial charge in [0.1, 0.15) is 0 Å². The summed E-state index contributed by atoms with van der Waals surface area (Å²) in [6.45, 7) is 2.02. The van der Waals surface area contributed by atoms with Crippen LogP contribution in [-0.2, 0) is 4.79 Å². The molecule has 4 heteroatoms. The molecule has 1 saturated heterocycles. The van der Waals surface area contributed by atoms with Crippen LogP contribution in [0, 0.1) is 0 Å². The Labute approximate surface area is 119 Å². The predicted molar refractivity (Wildman–Crippen MR) is 76.1 cm³/mol. The van der Waals surface area contributed by atoms with Crippen molar-refractivity contribution in [1.29, 1.82) is 0 Å². The second-order valence-corrected chi connectivity index (χ2v) is 5.44. The van der Waals surface area contributed by atoms with E-state index in [1.165, 1.54) is 0 Å². The molecule has 0 aromatic heterocycles. The van der Waals surface area contributed by atoms with Gasteiger partial charge in [-0.1, -0.05) is 30.7 Å². The van der Waals surface area contributed by atoms with Gasteiger partial charge >= 0.3 is 0 Å². The average Bonchev–Trinajstić information content (AvgIpc) is 2.43. The number of hydrogen-bond acceptors (Lipinski definition) is 2. The first-order valence-corrected chi connectivity index (χ1v) is 7.22. The molecule has 0 spiro atoms. The van der Waals surface area contributed by atoms with Gasteiger partial charge < -0.3 is 10.0 Å². The van der Waals surface area contributed by atoms with E-state index in [4.69, 9.17) is 11.6 Å². The largest absolute Gasteiger partial charge is 0.394 e. The fourth-order valence-electron chi connectivity index (χ4n) is 2.77. The van der Waals surface area contributed by atoms with Crippen molar-refractivity contribution in [2.75, 3.05) is 6.61 Å². The molecule has 1 N–H and O–H groups in total. The van der Waals surface area contributed by atoms with Crippen LogP contribution in [0.3, 0.4) is 0 Å². The van der Waals surface area contributed by atoms with Crippen molar-refractivity contribution in [3.05, 3.63) is 34.9 Å². The number of hydrogen-bond donors (Lipinski definition) is 1. The number of aliphatic hydroxyl groups is 1. The third-order valence-electron chi connectivity index (χ3n) is 3.82. The molecule has 1 amide bonds. The standard InChI is InChI=1S/C15H20ClNO2/c1-2-13(10-18)17-14(4-3-5-15(17)19)11-6-8-12(16)9-7-11/h6-9,13-14,18H,2-5,10H2,1H3. The van der Waals surface area contributed by atoms with Crippen LogP contribution in [0.5, 0.6) is 0 Å². The van der Waals surface area contributed by atoms with Gasteiger partial charge in [-0.3, -0.25) is 4.79 Å². The zero-order chi connectivity index (χ0) is 13.8. The van der Waals surface area contributed by atoms with E-state index in [-0.39, 0.29) is 24.6 Å². The molecule has 2 atom stereocenters. The molecule has 0 bridgehead atoms. The highest BCUT2D eigenvalue weighted by atomic mass is 35.5. The highest BCUT2D eigenvalue weighted by Gasteiger charge is 2.33. The van der Waals surface area contributed by atoms with Crippen molar-refractivity contribution in [3.8, 4) is 0 Å². The van der Waals surface area contributed by atoms with E-state index in [1.54, 1.807) is 0 Å². The number of aliphatic hydroxyl groups excluding tert-OH is 1. The number of amides is 1. The van der Waals surface area contributed by atoms with Crippen LogP contribution in [0.1, 0.15) is 44.2 Å². The van der Waals surface area contributed by atoms with E-state index < -0.39 is 0 Å². The van der Waals surface area contributed by atoms with Crippen molar-refractivity contribution in [1.82, 2.24) is 4.90 Å². The van der Waals surface area contributed by atoms with Gasteiger partial charge in [0.25, 0.3) is 0 Å². The lowest BCUT2D eigenvalue weighted by Crippen LogP contribution is -2.46. The van der Waals surface area contributed by atoms with Gasteiger partial charge in [-0.25, -0.2) is 0 Å². The molecule has 1 aliphatic heterocycles. The number of piperidine rings is 1. The Bertz CT molecular complexity index is 428. The number of carbonyl (C=O) groups is 1. The molecule has 1 fully saturated rings. The normalized spacial score (nSPS) is 21.5. The minimum Gasteiger partial charge on any atom is -0.394 e. The average molecular weight is 282 g/mol. The lowest BCUT2D eigenvalue weighted by molar-refractivity contribution is -0.141. The number of carbonyl (C=O) groups excluding carboxylic acids is 1. The predicted octanol–water partition coefficient (Wildman–Crippen LogP) is 3.16. The Morgan fingerprint density at radius 1 is 1.42 bits per heavy atom. The third kappa shape index (κ3) is 3.10. The maximum atomic E-state index is 12.2. The van der Waals surface area contributed by atoms with Gasteiger partial charge in [-0.2, -0.15) is 0 Å². The molecule has 104 valence electrons. The summed E-state index contributed by atoms with van der Waals surface area (Å²) < 4.78 is 0. The monoisotopic (exact) mass is 281 g/mol. The Balaban J connectivity index is 2.29. The highest BCUT2D eigenvalue weighted by molar-refractivity contribution is 6.30. The first-order chi connectivity index (χ1) is 9.17. The minimum atomic E-state index is -0.0894. The van der Waals surface area contributed by atoms with Gasteiger partial charge in [0.2, 0.25) is 5.91 Å². The molecule has 0 saturated carbocycles. The zero-order valence-electron chi connectivity index (χ0n) is 11.2. The summed E-state index contributed by atoms with van der Waals surface area (Å²) in [5.74, 6) is 0.145. The molecule has 2 unspecified atom stereocenters. The number of nitrogens with zero attached hydrogens (tertiary/aromatic N) is 1. The van der Waals surface area contributed by atoms with Crippen molar-refractivity contribution >= 4 is 17.5 Å². The van der Waals surface area contributed by atoms with Crippen LogP contribution < -0.4 is 0 Å². The van der Waals surface area contributed by atoms with Crippen molar-refractivity contribution in [3.63, 3.8) is 0 Å². The molecule has 0 radical (unpaired) electrons. The molecular formula is C15H20ClNO2. The Hall–Kier alpha value is -1.06. The third-order valence-corrected chi connectivity index (χ3v) is 4.07. The van der Waals surface area contributed by atoms with E-state index in [2.05, 4.69) is 0 Å². The van der Waals surface area contributed by atoms with Gasteiger partial charge in [0, 0.05) is 11.4 Å². The van der Waals surface area contributed by atoms with E-state index in [1.807, 2.05) is 36.1 Å². The molecule has 2 rings (SSSR count). The molecule has 1 aromatic rings. The number of halogens is 1. The first kappa shape index (κ1) is 14.4. The fourth-order valence-corrected chi connectivity index (χ4v) is 2.90. The molecule has 0 aliphatic carbocycles. The van der Waals surface area contributed by atoms with Crippen LogP contribution in [0.2, 0.25) is 5.02 Å². The molecule has 1 heterocycles. The summed E-state index contributed by atoms with van der Waals surface area (Å²) >= 11 is 5.91. The quantitative estimate of drug-likeness (QED) is 0.921.